The number of aromatic amines is 1. The molecule has 0 radical (unpaired) electrons. The van der Waals surface area contributed by atoms with Gasteiger partial charge in [0, 0.05) is 31.8 Å². The zero-order valence-electron chi connectivity index (χ0n) is 13.2. The molecule has 0 unspecified atom stereocenters. The number of amides is 1. The lowest BCUT2D eigenvalue weighted by molar-refractivity contribution is -0.139. The Labute approximate surface area is 135 Å². The van der Waals surface area contributed by atoms with Gasteiger partial charge in [0.15, 0.2) is 5.82 Å². The summed E-state index contributed by atoms with van der Waals surface area (Å²) < 4.78 is 5.72. The number of ether oxygens (including phenoxy) is 1. The Morgan fingerprint density at radius 3 is 3.00 bits per heavy atom. The molecule has 1 atom stereocenters. The van der Waals surface area contributed by atoms with E-state index in [9.17, 15) is 4.79 Å². The molecule has 122 valence electrons. The van der Waals surface area contributed by atoms with Crippen LogP contribution in [0.5, 0.6) is 0 Å². The third kappa shape index (κ3) is 3.92. The van der Waals surface area contributed by atoms with Gasteiger partial charge in [-0.3, -0.25) is 14.9 Å². The number of aromatic nitrogens is 4. The second-order valence-corrected chi connectivity index (χ2v) is 5.55. The van der Waals surface area contributed by atoms with Gasteiger partial charge in [-0.1, -0.05) is 6.92 Å². The van der Waals surface area contributed by atoms with Crippen LogP contribution in [0.2, 0.25) is 0 Å². The van der Waals surface area contributed by atoms with Crippen molar-refractivity contribution in [3.63, 3.8) is 0 Å². The van der Waals surface area contributed by atoms with Gasteiger partial charge >= 0.3 is 0 Å². The van der Waals surface area contributed by atoms with E-state index < -0.39 is 0 Å². The van der Waals surface area contributed by atoms with E-state index in [1.807, 2.05) is 24.0 Å². The summed E-state index contributed by atoms with van der Waals surface area (Å²) in [5.74, 6) is 1.61. The van der Waals surface area contributed by atoms with E-state index in [-0.39, 0.29) is 12.0 Å². The molecule has 2 aromatic heterocycles. The first-order chi connectivity index (χ1) is 11.3. The number of carbonyl (C=O) groups is 1. The number of nitrogens with one attached hydrogen (secondary N) is 1. The standard InChI is InChI=1S/C16H21N5O2/c1-2-14-18-16(20-19-14)13-11-21(9-10-23-13)15(22)4-3-12-5-7-17-8-6-12/h5-8,13H,2-4,9-11H2,1H3,(H,18,19,20)/t13-/m0/s1. The largest absolute Gasteiger partial charge is 0.366 e. The first-order valence-corrected chi connectivity index (χ1v) is 7.95. The van der Waals surface area contributed by atoms with Crippen molar-refractivity contribution in [1.82, 2.24) is 25.1 Å². The van der Waals surface area contributed by atoms with Crippen molar-refractivity contribution >= 4 is 5.91 Å². The SMILES string of the molecule is CCc1nc([C@@H]2CN(C(=O)CCc3ccncc3)CCO2)n[nH]1. The normalized spacial score (nSPS) is 18.1. The summed E-state index contributed by atoms with van der Waals surface area (Å²) in [5, 5.41) is 7.08. The van der Waals surface area contributed by atoms with E-state index in [1.54, 1.807) is 12.4 Å². The molecule has 7 heteroatoms. The summed E-state index contributed by atoms with van der Waals surface area (Å²) in [6.45, 7) is 3.66. The highest BCUT2D eigenvalue weighted by atomic mass is 16.5. The van der Waals surface area contributed by atoms with E-state index in [0.29, 0.717) is 31.9 Å². The molecule has 1 fully saturated rings. The van der Waals surface area contributed by atoms with E-state index in [2.05, 4.69) is 20.2 Å². The van der Waals surface area contributed by atoms with Gasteiger partial charge in [0.2, 0.25) is 5.91 Å². The van der Waals surface area contributed by atoms with Crippen LogP contribution in [0.1, 0.15) is 36.7 Å². The third-order valence-corrected chi connectivity index (χ3v) is 3.97. The minimum Gasteiger partial charge on any atom is -0.366 e. The highest BCUT2D eigenvalue weighted by molar-refractivity contribution is 5.76. The first-order valence-electron chi connectivity index (χ1n) is 7.95. The molecule has 0 aromatic carbocycles. The molecule has 3 heterocycles. The minimum absolute atomic E-state index is 0.140. The second kappa shape index (κ2) is 7.32. The molecule has 3 rings (SSSR count). The van der Waals surface area contributed by atoms with Gasteiger partial charge in [-0.15, -0.1) is 0 Å². The molecule has 2 aromatic rings. The topological polar surface area (TPSA) is 84.0 Å². The zero-order valence-corrected chi connectivity index (χ0v) is 13.2. The van der Waals surface area contributed by atoms with Gasteiger partial charge in [-0.25, -0.2) is 4.98 Å². The fourth-order valence-corrected chi connectivity index (χ4v) is 2.60. The van der Waals surface area contributed by atoms with Crippen LogP contribution in [0.4, 0.5) is 0 Å². The Bertz CT molecular complexity index is 643. The number of rotatable bonds is 5. The zero-order chi connectivity index (χ0) is 16.1. The molecule has 0 saturated carbocycles. The van der Waals surface area contributed by atoms with Gasteiger partial charge < -0.3 is 9.64 Å². The Balaban J connectivity index is 1.56. The predicted octanol–water partition coefficient (Wildman–Crippen LogP) is 1.29. The number of nitrogens with zero attached hydrogens (tertiary/aromatic N) is 4. The third-order valence-electron chi connectivity index (χ3n) is 3.97. The Hall–Kier alpha value is -2.28. The molecule has 0 aliphatic carbocycles. The minimum atomic E-state index is -0.245. The summed E-state index contributed by atoms with van der Waals surface area (Å²) in [7, 11) is 0. The van der Waals surface area contributed by atoms with Gasteiger partial charge in [-0.2, -0.15) is 5.10 Å². The number of pyridine rings is 1. The average molecular weight is 315 g/mol. The number of hydrogen-bond acceptors (Lipinski definition) is 5. The molecule has 7 nitrogen and oxygen atoms in total. The maximum absolute atomic E-state index is 12.4. The van der Waals surface area contributed by atoms with Gasteiger partial charge in [0.25, 0.3) is 0 Å². The van der Waals surface area contributed by atoms with Crippen molar-refractivity contribution in [2.45, 2.75) is 32.3 Å². The summed E-state index contributed by atoms with van der Waals surface area (Å²) in [6, 6.07) is 3.88. The maximum Gasteiger partial charge on any atom is 0.223 e. The van der Waals surface area contributed by atoms with Crippen LogP contribution in [0.3, 0.4) is 0 Å². The summed E-state index contributed by atoms with van der Waals surface area (Å²) in [6.07, 6.45) is 5.27. The van der Waals surface area contributed by atoms with Gasteiger partial charge in [-0.05, 0) is 24.1 Å². The molecular weight excluding hydrogens is 294 g/mol. The van der Waals surface area contributed by atoms with Crippen LogP contribution in [0.25, 0.3) is 0 Å². The van der Waals surface area contributed by atoms with E-state index in [1.165, 1.54) is 0 Å². The second-order valence-electron chi connectivity index (χ2n) is 5.55. The van der Waals surface area contributed by atoms with Crippen molar-refractivity contribution in [1.29, 1.82) is 0 Å². The molecule has 23 heavy (non-hydrogen) atoms. The summed E-state index contributed by atoms with van der Waals surface area (Å²) in [4.78, 5) is 22.6. The lowest BCUT2D eigenvalue weighted by Gasteiger charge is -2.31. The predicted molar refractivity (Wildman–Crippen MR) is 83.6 cm³/mol. The number of morpholine rings is 1. The van der Waals surface area contributed by atoms with Crippen LogP contribution in [-0.2, 0) is 22.4 Å². The molecule has 1 saturated heterocycles. The average Bonchev–Trinajstić information content (AvgIpc) is 3.10. The van der Waals surface area contributed by atoms with Crippen molar-refractivity contribution < 1.29 is 9.53 Å². The highest BCUT2D eigenvalue weighted by Crippen LogP contribution is 2.20. The number of carbonyl (C=O) groups excluding carboxylic acids is 1. The van der Waals surface area contributed by atoms with Gasteiger partial charge in [0.05, 0.1) is 13.2 Å². The van der Waals surface area contributed by atoms with Crippen LogP contribution in [0, 0.1) is 0 Å². The molecule has 1 amide bonds. The smallest absolute Gasteiger partial charge is 0.223 e. The van der Waals surface area contributed by atoms with E-state index >= 15 is 0 Å². The van der Waals surface area contributed by atoms with Crippen molar-refractivity contribution in [3.05, 3.63) is 41.7 Å². The van der Waals surface area contributed by atoms with Crippen molar-refractivity contribution in [3.8, 4) is 0 Å². The molecule has 1 aliphatic heterocycles. The Morgan fingerprint density at radius 2 is 2.26 bits per heavy atom. The molecule has 0 bridgehead atoms. The fourth-order valence-electron chi connectivity index (χ4n) is 2.60. The van der Waals surface area contributed by atoms with Crippen LogP contribution in [-0.4, -0.2) is 50.7 Å². The first kappa shape index (κ1) is 15.6. The van der Waals surface area contributed by atoms with Crippen molar-refractivity contribution in [2.24, 2.45) is 0 Å². The summed E-state index contributed by atoms with van der Waals surface area (Å²) in [5.41, 5.74) is 1.12. The highest BCUT2D eigenvalue weighted by Gasteiger charge is 2.27. The quantitative estimate of drug-likeness (QED) is 0.899. The molecule has 1 N–H and O–H groups in total. The van der Waals surface area contributed by atoms with Crippen LogP contribution < -0.4 is 0 Å². The molecule has 0 spiro atoms. The van der Waals surface area contributed by atoms with E-state index in [0.717, 1.165) is 24.2 Å². The molecule has 1 aliphatic rings. The fraction of sp³-hybridized carbons (Fsp3) is 0.500. The Morgan fingerprint density at radius 1 is 1.43 bits per heavy atom. The maximum atomic E-state index is 12.4. The van der Waals surface area contributed by atoms with Crippen LogP contribution >= 0.6 is 0 Å². The van der Waals surface area contributed by atoms with Crippen LogP contribution in [0.15, 0.2) is 24.5 Å². The van der Waals surface area contributed by atoms with E-state index in [4.69, 9.17) is 4.74 Å². The Kier molecular flexibility index (Phi) is 4.97. The molecular formula is C16H21N5O2. The lowest BCUT2D eigenvalue weighted by atomic mass is 10.1. The number of aryl methyl sites for hydroxylation is 2. The van der Waals surface area contributed by atoms with Gasteiger partial charge in [0.1, 0.15) is 11.9 Å². The summed E-state index contributed by atoms with van der Waals surface area (Å²) >= 11 is 0. The monoisotopic (exact) mass is 315 g/mol. The lowest BCUT2D eigenvalue weighted by Crippen LogP contribution is -2.42. The number of hydrogen-bond donors (Lipinski definition) is 1. The van der Waals surface area contributed by atoms with Crippen molar-refractivity contribution in [2.75, 3.05) is 19.7 Å². The number of H-pyrrole nitrogens is 1.